The van der Waals surface area contributed by atoms with E-state index >= 15 is 0 Å². The highest BCUT2D eigenvalue weighted by atomic mass is 16.6. The normalized spacial score (nSPS) is 36.1. The molecule has 2 rings (SSSR count). The molecule has 20 heavy (non-hydrogen) atoms. The first-order valence-electron chi connectivity index (χ1n) is 7.25. The Bertz CT molecular complexity index is 430. The molecule has 0 radical (unpaired) electrons. The quantitative estimate of drug-likeness (QED) is 0.571. The molecule has 5 heteroatoms. The van der Waals surface area contributed by atoms with Crippen LogP contribution in [0.5, 0.6) is 0 Å². The van der Waals surface area contributed by atoms with Crippen molar-refractivity contribution in [1.29, 1.82) is 0 Å². The molecule has 0 aromatic heterocycles. The van der Waals surface area contributed by atoms with Gasteiger partial charge < -0.3 is 14.2 Å². The van der Waals surface area contributed by atoms with Crippen LogP contribution in [0.15, 0.2) is 12.2 Å². The third kappa shape index (κ3) is 2.59. The Labute approximate surface area is 119 Å². The molecular formula is C15H22O5. The topological polar surface area (TPSA) is 61.8 Å². The average molecular weight is 282 g/mol. The zero-order valence-corrected chi connectivity index (χ0v) is 12.3. The van der Waals surface area contributed by atoms with Crippen LogP contribution < -0.4 is 0 Å². The molecule has 1 unspecified atom stereocenters. The lowest BCUT2D eigenvalue weighted by molar-refractivity contribution is -0.149. The van der Waals surface area contributed by atoms with Crippen LogP contribution in [0.1, 0.15) is 46.5 Å². The Morgan fingerprint density at radius 2 is 2.15 bits per heavy atom. The lowest BCUT2D eigenvalue weighted by Crippen LogP contribution is -2.35. The van der Waals surface area contributed by atoms with Crippen molar-refractivity contribution in [3.05, 3.63) is 12.2 Å². The van der Waals surface area contributed by atoms with E-state index in [9.17, 15) is 9.59 Å². The maximum absolute atomic E-state index is 11.5. The summed E-state index contributed by atoms with van der Waals surface area (Å²) in [7, 11) is 0. The Morgan fingerprint density at radius 1 is 1.40 bits per heavy atom. The number of carbonyl (C=O) groups is 2. The summed E-state index contributed by atoms with van der Waals surface area (Å²) in [6.07, 6.45) is 5.29. The smallest absolute Gasteiger partial charge is 0.330 e. The molecule has 2 aliphatic rings. The lowest BCUT2D eigenvalue weighted by atomic mass is 9.84. The van der Waals surface area contributed by atoms with Crippen LogP contribution in [0.3, 0.4) is 0 Å². The number of carbonyl (C=O) groups excluding carboxylic acids is 2. The molecule has 112 valence electrons. The predicted molar refractivity (Wildman–Crippen MR) is 72.0 cm³/mol. The van der Waals surface area contributed by atoms with Gasteiger partial charge in [-0.25, -0.2) is 4.79 Å². The van der Waals surface area contributed by atoms with Crippen molar-refractivity contribution in [1.82, 2.24) is 0 Å². The number of fused-ring (bicyclic) bond motifs is 1. The molecule has 0 aliphatic carbocycles. The summed E-state index contributed by atoms with van der Waals surface area (Å²) in [6, 6.07) is 0. The minimum atomic E-state index is -0.547. The molecule has 0 spiro atoms. The van der Waals surface area contributed by atoms with Crippen LogP contribution in [0, 0.1) is 0 Å². The third-order valence-corrected chi connectivity index (χ3v) is 4.24. The van der Waals surface area contributed by atoms with Gasteiger partial charge in [0.05, 0.1) is 18.6 Å². The van der Waals surface area contributed by atoms with Crippen molar-refractivity contribution < 1.29 is 23.8 Å². The molecule has 0 N–H and O–H groups in total. The van der Waals surface area contributed by atoms with E-state index in [0.29, 0.717) is 19.4 Å². The Hall–Kier alpha value is -1.36. The summed E-state index contributed by atoms with van der Waals surface area (Å²) in [6.45, 7) is 6.11. The third-order valence-electron chi connectivity index (χ3n) is 4.24. The van der Waals surface area contributed by atoms with Gasteiger partial charge in [0.15, 0.2) is 0 Å². The Balaban J connectivity index is 2.15. The van der Waals surface area contributed by atoms with Gasteiger partial charge in [-0.05, 0) is 25.8 Å². The molecule has 2 saturated heterocycles. The summed E-state index contributed by atoms with van der Waals surface area (Å²) in [5, 5.41) is 0. The van der Waals surface area contributed by atoms with Gasteiger partial charge in [-0.2, -0.15) is 0 Å². The van der Waals surface area contributed by atoms with Crippen molar-refractivity contribution in [2.75, 3.05) is 6.61 Å². The van der Waals surface area contributed by atoms with Gasteiger partial charge in [0.2, 0.25) is 0 Å². The molecule has 3 atom stereocenters. The van der Waals surface area contributed by atoms with Crippen molar-refractivity contribution in [2.24, 2.45) is 0 Å². The van der Waals surface area contributed by atoms with Gasteiger partial charge in [-0.1, -0.05) is 13.8 Å². The molecule has 0 saturated carbocycles. The van der Waals surface area contributed by atoms with Gasteiger partial charge in [-0.3, -0.25) is 4.79 Å². The first-order chi connectivity index (χ1) is 9.49. The van der Waals surface area contributed by atoms with Crippen LogP contribution in [0.2, 0.25) is 0 Å². The molecular weight excluding hydrogens is 260 g/mol. The maximum atomic E-state index is 11.5. The Morgan fingerprint density at radius 3 is 2.70 bits per heavy atom. The predicted octanol–water partition coefficient (Wildman–Crippen LogP) is 2.14. The van der Waals surface area contributed by atoms with E-state index in [2.05, 4.69) is 0 Å². The second-order valence-electron chi connectivity index (χ2n) is 5.38. The minimum Gasteiger partial charge on any atom is -0.463 e. The second-order valence-corrected chi connectivity index (χ2v) is 5.38. The summed E-state index contributed by atoms with van der Waals surface area (Å²) in [5.41, 5.74) is -1.08. The number of ether oxygens (including phenoxy) is 3. The van der Waals surface area contributed by atoms with Gasteiger partial charge in [-0.15, -0.1) is 0 Å². The van der Waals surface area contributed by atoms with Crippen molar-refractivity contribution >= 4 is 11.9 Å². The van der Waals surface area contributed by atoms with E-state index in [-0.39, 0.29) is 18.0 Å². The van der Waals surface area contributed by atoms with E-state index in [4.69, 9.17) is 14.2 Å². The average Bonchev–Trinajstić information content (AvgIpc) is 2.87. The molecule has 0 bridgehead atoms. The number of hydrogen-bond donors (Lipinski definition) is 0. The molecule has 2 fully saturated rings. The summed E-state index contributed by atoms with van der Waals surface area (Å²) in [5.74, 6) is -0.570. The maximum Gasteiger partial charge on any atom is 0.330 e. The fourth-order valence-corrected chi connectivity index (χ4v) is 3.06. The monoisotopic (exact) mass is 282 g/mol. The van der Waals surface area contributed by atoms with Crippen LogP contribution in [-0.2, 0) is 23.8 Å². The van der Waals surface area contributed by atoms with Crippen LogP contribution in [-0.4, -0.2) is 35.9 Å². The number of hydrogen-bond acceptors (Lipinski definition) is 5. The van der Waals surface area contributed by atoms with E-state index in [1.54, 1.807) is 13.0 Å². The first-order valence-corrected chi connectivity index (χ1v) is 7.25. The Kier molecular flexibility index (Phi) is 4.18. The highest BCUT2D eigenvalue weighted by Crippen LogP contribution is 2.49. The van der Waals surface area contributed by atoms with Crippen LogP contribution in [0.4, 0.5) is 0 Å². The highest BCUT2D eigenvalue weighted by Gasteiger charge is 2.60. The van der Waals surface area contributed by atoms with Crippen LogP contribution >= 0.6 is 0 Å². The fourth-order valence-electron chi connectivity index (χ4n) is 3.06. The van der Waals surface area contributed by atoms with Crippen molar-refractivity contribution in [3.8, 4) is 0 Å². The molecule has 0 aromatic carbocycles. The van der Waals surface area contributed by atoms with Gasteiger partial charge >= 0.3 is 11.9 Å². The zero-order valence-electron chi connectivity index (χ0n) is 12.3. The van der Waals surface area contributed by atoms with E-state index in [0.717, 1.165) is 12.8 Å². The van der Waals surface area contributed by atoms with Gasteiger partial charge in [0.25, 0.3) is 0 Å². The largest absolute Gasteiger partial charge is 0.463 e. The molecule has 0 aromatic rings. The molecule has 2 aliphatic heterocycles. The first kappa shape index (κ1) is 15.0. The highest BCUT2D eigenvalue weighted by molar-refractivity contribution is 5.82. The fraction of sp³-hybridized carbons (Fsp3) is 0.733. The van der Waals surface area contributed by atoms with E-state index in [1.165, 1.54) is 6.08 Å². The van der Waals surface area contributed by atoms with Crippen molar-refractivity contribution in [3.63, 3.8) is 0 Å². The summed E-state index contributed by atoms with van der Waals surface area (Å²) < 4.78 is 16.5. The van der Waals surface area contributed by atoms with Crippen molar-refractivity contribution in [2.45, 2.75) is 63.8 Å². The summed E-state index contributed by atoms with van der Waals surface area (Å²) >= 11 is 0. The second kappa shape index (κ2) is 5.56. The number of rotatable bonds is 5. The SMILES string of the molecule is CCOC(=O)/C=C/C1(CC)C[C@@]2(CC)OC(=O)C[C@H]2O1. The number of esters is 2. The molecule has 0 amide bonds. The van der Waals surface area contributed by atoms with Crippen LogP contribution in [0.25, 0.3) is 0 Å². The van der Waals surface area contributed by atoms with Gasteiger partial charge in [0.1, 0.15) is 11.7 Å². The standard InChI is InChI=1S/C15H22O5/c1-4-14(8-7-12(16)18-6-3)10-15(5-2)11(19-14)9-13(17)20-15/h7-8,11H,4-6,9-10H2,1-3H3/b8-7+/t11-,14?,15-/m1/s1. The summed E-state index contributed by atoms with van der Waals surface area (Å²) in [4.78, 5) is 22.9. The van der Waals surface area contributed by atoms with Gasteiger partial charge in [0, 0.05) is 12.5 Å². The van der Waals surface area contributed by atoms with E-state index in [1.807, 2.05) is 13.8 Å². The molecule has 5 nitrogen and oxygen atoms in total. The minimum absolute atomic E-state index is 0.198. The molecule has 2 heterocycles. The zero-order chi connectivity index (χ0) is 14.8. The lowest BCUT2D eigenvalue weighted by Gasteiger charge is -2.26. The van der Waals surface area contributed by atoms with E-state index < -0.39 is 11.2 Å².